The minimum absolute atomic E-state index is 0.147. The topological polar surface area (TPSA) is 47.7 Å². The van der Waals surface area contributed by atoms with E-state index in [4.69, 9.17) is 15.2 Å². The number of likely N-dealkylation sites (tertiary alicyclic amines) is 1. The largest absolute Gasteiger partial charge is 0.497 e. The second kappa shape index (κ2) is 6.46. The van der Waals surface area contributed by atoms with Gasteiger partial charge in [0.1, 0.15) is 11.5 Å². The molecule has 20 heavy (non-hydrogen) atoms. The predicted molar refractivity (Wildman–Crippen MR) is 81.3 cm³/mol. The van der Waals surface area contributed by atoms with Crippen LogP contribution < -0.4 is 15.2 Å². The molecule has 0 amide bonds. The number of rotatable bonds is 4. The fraction of sp³-hybridized carbons (Fsp3) is 0.625. The molecular weight excluding hydrogens is 252 g/mol. The van der Waals surface area contributed by atoms with Crippen LogP contribution in [0, 0.1) is 0 Å². The third-order valence-corrected chi connectivity index (χ3v) is 4.14. The maximum Gasteiger partial charge on any atom is 0.127 e. The molecule has 1 aromatic carbocycles. The molecule has 1 aliphatic rings. The number of hydrogen-bond donors (Lipinski definition) is 1. The van der Waals surface area contributed by atoms with Gasteiger partial charge >= 0.3 is 0 Å². The Labute approximate surface area is 121 Å². The molecule has 2 unspecified atom stereocenters. The molecule has 1 heterocycles. The van der Waals surface area contributed by atoms with E-state index in [1.807, 2.05) is 12.1 Å². The molecule has 0 spiro atoms. The van der Waals surface area contributed by atoms with Crippen molar-refractivity contribution in [1.29, 1.82) is 0 Å². The molecule has 0 aromatic heterocycles. The van der Waals surface area contributed by atoms with Crippen LogP contribution in [0.5, 0.6) is 11.5 Å². The minimum Gasteiger partial charge on any atom is -0.497 e. The van der Waals surface area contributed by atoms with Crippen LogP contribution in [0.1, 0.15) is 38.3 Å². The second-order valence-corrected chi connectivity index (χ2v) is 5.69. The number of nitrogens with zero attached hydrogens (tertiary/aromatic N) is 1. The predicted octanol–water partition coefficient (Wildman–Crippen LogP) is 2.58. The zero-order valence-corrected chi connectivity index (χ0v) is 12.9. The first-order valence-electron chi connectivity index (χ1n) is 7.31. The fourth-order valence-corrected chi connectivity index (χ4v) is 3.10. The summed E-state index contributed by atoms with van der Waals surface area (Å²) in [5.41, 5.74) is 7.57. The van der Waals surface area contributed by atoms with Crippen molar-refractivity contribution < 1.29 is 9.47 Å². The lowest BCUT2D eigenvalue weighted by molar-refractivity contribution is 0.0928. The summed E-state index contributed by atoms with van der Waals surface area (Å²) in [7, 11) is 3.37. The summed E-state index contributed by atoms with van der Waals surface area (Å²) in [6, 6.07) is 6.84. The maximum atomic E-state index is 6.40. The second-order valence-electron chi connectivity index (χ2n) is 5.69. The van der Waals surface area contributed by atoms with Gasteiger partial charge in [-0.1, -0.05) is 6.07 Å². The van der Waals surface area contributed by atoms with E-state index < -0.39 is 0 Å². The number of methoxy groups -OCH3 is 2. The lowest BCUT2D eigenvalue weighted by Crippen LogP contribution is -2.48. The highest BCUT2D eigenvalue weighted by atomic mass is 16.5. The van der Waals surface area contributed by atoms with Gasteiger partial charge in [0.05, 0.1) is 20.3 Å². The van der Waals surface area contributed by atoms with Crippen LogP contribution in [0.3, 0.4) is 0 Å². The third kappa shape index (κ3) is 2.91. The lowest BCUT2D eigenvalue weighted by atomic mass is 9.89. The van der Waals surface area contributed by atoms with Crippen molar-refractivity contribution in [3.63, 3.8) is 0 Å². The average Bonchev–Trinajstić information content (AvgIpc) is 2.46. The zero-order chi connectivity index (χ0) is 14.7. The van der Waals surface area contributed by atoms with Gasteiger partial charge in [0.15, 0.2) is 0 Å². The highest BCUT2D eigenvalue weighted by Crippen LogP contribution is 2.38. The molecule has 0 radical (unpaired) electrons. The van der Waals surface area contributed by atoms with Crippen LogP contribution in [0.15, 0.2) is 18.2 Å². The van der Waals surface area contributed by atoms with Gasteiger partial charge in [-0.2, -0.15) is 0 Å². The van der Waals surface area contributed by atoms with E-state index >= 15 is 0 Å². The van der Waals surface area contributed by atoms with Crippen molar-refractivity contribution in [3.8, 4) is 11.5 Å². The Morgan fingerprint density at radius 1 is 1.25 bits per heavy atom. The quantitative estimate of drug-likeness (QED) is 0.919. The van der Waals surface area contributed by atoms with Crippen LogP contribution >= 0.6 is 0 Å². The Bertz CT molecular complexity index is 448. The average molecular weight is 278 g/mol. The van der Waals surface area contributed by atoms with E-state index in [-0.39, 0.29) is 12.1 Å². The van der Waals surface area contributed by atoms with Gasteiger partial charge in [-0.15, -0.1) is 0 Å². The van der Waals surface area contributed by atoms with E-state index in [0.29, 0.717) is 6.04 Å². The van der Waals surface area contributed by atoms with E-state index in [9.17, 15) is 0 Å². The van der Waals surface area contributed by atoms with Crippen molar-refractivity contribution in [3.05, 3.63) is 23.8 Å². The SMILES string of the molecule is COc1ccc(C2C(N)CCCN2C(C)C)c(OC)c1. The summed E-state index contributed by atoms with van der Waals surface area (Å²) >= 11 is 0. The summed E-state index contributed by atoms with van der Waals surface area (Å²) in [5.74, 6) is 1.67. The molecule has 2 rings (SSSR count). The van der Waals surface area contributed by atoms with Crippen LogP contribution in [-0.2, 0) is 0 Å². The molecule has 2 atom stereocenters. The van der Waals surface area contributed by atoms with Gasteiger partial charge in [-0.25, -0.2) is 0 Å². The van der Waals surface area contributed by atoms with E-state index in [1.165, 1.54) is 0 Å². The molecule has 112 valence electrons. The van der Waals surface area contributed by atoms with Crippen LogP contribution in [0.2, 0.25) is 0 Å². The molecule has 1 aromatic rings. The number of benzene rings is 1. The Balaban J connectivity index is 2.40. The summed E-state index contributed by atoms with van der Waals surface area (Å²) in [6.07, 6.45) is 2.22. The molecular formula is C16H26N2O2. The summed E-state index contributed by atoms with van der Waals surface area (Å²) in [4.78, 5) is 2.47. The molecule has 0 aliphatic carbocycles. The molecule has 0 bridgehead atoms. The Hall–Kier alpha value is -1.26. The summed E-state index contributed by atoms with van der Waals surface area (Å²) in [5, 5.41) is 0. The van der Waals surface area contributed by atoms with E-state index in [1.54, 1.807) is 14.2 Å². The van der Waals surface area contributed by atoms with Crippen LogP contribution in [0.25, 0.3) is 0 Å². The minimum atomic E-state index is 0.147. The Morgan fingerprint density at radius 3 is 2.60 bits per heavy atom. The first-order valence-corrected chi connectivity index (χ1v) is 7.31. The molecule has 0 saturated carbocycles. The number of piperidine rings is 1. The lowest BCUT2D eigenvalue weighted by Gasteiger charge is -2.43. The number of hydrogen-bond acceptors (Lipinski definition) is 4. The maximum absolute atomic E-state index is 6.40. The Morgan fingerprint density at radius 2 is 2.00 bits per heavy atom. The summed E-state index contributed by atoms with van der Waals surface area (Å²) < 4.78 is 10.8. The molecule has 1 aliphatic heterocycles. The van der Waals surface area contributed by atoms with Crippen molar-refractivity contribution in [2.24, 2.45) is 5.73 Å². The van der Waals surface area contributed by atoms with Gasteiger partial charge < -0.3 is 15.2 Å². The van der Waals surface area contributed by atoms with Crippen molar-refractivity contribution in [2.45, 2.75) is 44.8 Å². The molecule has 1 fully saturated rings. The van der Waals surface area contributed by atoms with E-state index in [2.05, 4.69) is 24.8 Å². The van der Waals surface area contributed by atoms with Gasteiger partial charge in [0.25, 0.3) is 0 Å². The smallest absolute Gasteiger partial charge is 0.127 e. The highest BCUT2D eigenvalue weighted by Gasteiger charge is 2.33. The fourth-order valence-electron chi connectivity index (χ4n) is 3.10. The molecule has 2 N–H and O–H groups in total. The van der Waals surface area contributed by atoms with Crippen molar-refractivity contribution in [2.75, 3.05) is 20.8 Å². The van der Waals surface area contributed by atoms with Gasteiger partial charge in [0, 0.05) is 23.7 Å². The van der Waals surface area contributed by atoms with Crippen molar-refractivity contribution >= 4 is 0 Å². The van der Waals surface area contributed by atoms with E-state index in [0.717, 1.165) is 36.4 Å². The highest BCUT2D eigenvalue weighted by molar-refractivity contribution is 5.43. The number of nitrogens with two attached hydrogens (primary N) is 1. The molecule has 4 nitrogen and oxygen atoms in total. The third-order valence-electron chi connectivity index (χ3n) is 4.14. The standard InChI is InChI=1S/C16H26N2O2/c1-11(2)18-9-5-6-14(17)16(18)13-8-7-12(19-3)10-15(13)20-4/h7-8,10-11,14,16H,5-6,9,17H2,1-4H3. The van der Waals surface area contributed by atoms with Gasteiger partial charge in [-0.3, -0.25) is 4.90 Å². The number of ether oxygens (including phenoxy) is 2. The first kappa shape index (κ1) is 15.1. The normalized spacial score (nSPS) is 23.9. The van der Waals surface area contributed by atoms with Crippen molar-refractivity contribution in [1.82, 2.24) is 4.90 Å². The van der Waals surface area contributed by atoms with Gasteiger partial charge in [-0.05, 0) is 39.3 Å². The van der Waals surface area contributed by atoms with Crippen LogP contribution in [0.4, 0.5) is 0 Å². The first-order chi connectivity index (χ1) is 9.58. The monoisotopic (exact) mass is 278 g/mol. The summed E-state index contributed by atoms with van der Waals surface area (Å²) in [6.45, 7) is 5.54. The molecule has 4 heteroatoms. The molecule has 1 saturated heterocycles. The van der Waals surface area contributed by atoms with Gasteiger partial charge in [0.2, 0.25) is 0 Å². The van der Waals surface area contributed by atoms with Crippen LogP contribution in [-0.4, -0.2) is 37.7 Å². The Kier molecular flexibility index (Phi) is 4.89. The zero-order valence-electron chi connectivity index (χ0n) is 12.9.